The molecule has 0 spiro atoms. The molecule has 3 rings (SSSR count). The van der Waals surface area contributed by atoms with Crippen LogP contribution in [-0.4, -0.2) is 23.8 Å². The van der Waals surface area contributed by atoms with Crippen molar-refractivity contribution in [3.8, 4) is 0 Å². The van der Waals surface area contributed by atoms with Crippen LogP contribution < -0.4 is 11.3 Å². The fourth-order valence-electron chi connectivity index (χ4n) is 2.34. The van der Waals surface area contributed by atoms with Gasteiger partial charge in [-0.1, -0.05) is 12.1 Å². The molecule has 90 valence electrons. The van der Waals surface area contributed by atoms with Crippen LogP contribution in [0.25, 0.3) is 10.8 Å². The standard InChI is InChI=1S/C13H11N3O2/c1-16-12(17)8-4-2-3-7-10(15-14)6-5-9(11(7)8)13(16)18/h2-6,15H,14H2,1H3. The number of carbonyl (C=O) groups excluding carboxylic acids is 2. The average molecular weight is 241 g/mol. The Hall–Kier alpha value is -2.40. The summed E-state index contributed by atoms with van der Waals surface area (Å²) in [5.41, 5.74) is 4.33. The molecule has 1 aliphatic rings. The smallest absolute Gasteiger partial charge is 0.261 e. The van der Waals surface area contributed by atoms with Crippen LogP contribution in [0.1, 0.15) is 20.7 Å². The second kappa shape index (κ2) is 3.54. The Bertz CT molecular complexity index is 672. The van der Waals surface area contributed by atoms with Gasteiger partial charge in [0.25, 0.3) is 11.8 Å². The lowest BCUT2D eigenvalue weighted by atomic mass is 9.93. The summed E-state index contributed by atoms with van der Waals surface area (Å²) in [5.74, 6) is 4.87. The molecule has 0 bridgehead atoms. The summed E-state index contributed by atoms with van der Waals surface area (Å²) in [6.45, 7) is 0. The number of rotatable bonds is 1. The Kier molecular flexibility index (Phi) is 2.11. The number of nitrogen functional groups attached to an aromatic ring is 1. The van der Waals surface area contributed by atoms with Crippen LogP contribution in [0.15, 0.2) is 30.3 Å². The van der Waals surface area contributed by atoms with Crippen molar-refractivity contribution in [3.63, 3.8) is 0 Å². The van der Waals surface area contributed by atoms with Gasteiger partial charge in [0, 0.05) is 28.9 Å². The van der Waals surface area contributed by atoms with Gasteiger partial charge in [-0.3, -0.25) is 20.3 Å². The van der Waals surface area contributed by atoms with Gasteiger partial charge in [-0.15, -0.1) is 0 Å². The van der Waals surface area contributed by atoms with Crippen molar-refractivity contribution in [1.82, 2.24) is 4.90 Å². The number of anilines is 1. The van der Waals surface area contributed by atoms with Gasteiger partial charge in [-0.05, 0) is 18.2 Å². The van der Waals surface area contributed by atoms with Gasteiger partial charge in [0.15, 0.2) is 0 Å². The molecule has 1 heterocycles. The van der Waals surface area contributed by atoms with Gasteiger partial charge in [-0.2, -0.15) is 0 Å². The van der Waals surface area contributed by atoms with Crippen LogP contribution in [0.3, 0.4) is 0 Å². The largest absolute Gasteiger partial charge is 0.324 e. The first-order valence-electron chi connectivity index (χ1n) is 5.50. The summed E-state index contributed by atoms with van der Waals surface area (Å²) in [6.07, 6.45) is 0. The van der Waals surface area contributed by atoms with Crippen molar-refractivity contribution < 1.29 is 9.59 Å². The number of hydrazine groups is 1. The third kappa shape index (κ3) is 1.19. The Balaban J connectivity index is 2.49. The number of nitrogens with zero attached hydrogens (tertiary/aromatic N) is 1. The molecule has 0 fully saturated rings. The fourth-order valence-corrected chi connectivity index (χ4v) is 2.34. The summed E-state index contributed by atoms with van der Waals surface area (Å²) in [5, 5.41) is 1.45. The predicted molar refractivity (Wildman–Crippen MR) is 68.2 cm³/mol. The van der Waals surface area contributed by atoms with E-state index < -0.39 is 0 Å². The first-order chi connectivity index (χ1) is 8.65. The van der Waals surface area contributed by atoms with Crippen LogP contribution in [0.4, 0.5) is 5.69 Å². The topological polar surface area (TPSA) is 75.4 Å². The summed E-state index contributed by atoms with van der Waals surface area (Å²) in [4.78, 5) is 25.3. The lowest BCUT2D eigenvalue weighted by Gasteiger charge is -2.24. The van der Waals surface area contributed by atoms with E-state index in [1.54, 1.807) is 24.3 Å². The number of hydrogen-bond acceptors (Lipinski definition) is 4. The van der Waals surface area contributed by atoms with E-state index in [-0.39, 0.29) is 11.8 Å². The van der Waals surface area contributed by atoms with Gasteiger partial charge in [0.2, 0.25) is 0 Å². The normalized spacial score (nSPS) is 14.2. The number of imide groups is 1. The molecule has 3 N–H and O–H groups in total. The van der Waals surface area contributed by atoms with Crippen molar-refractivity contribution in [2.24, 2.45) is 5.84 Å². The van der Waals surface area contributed by atoms with Gasteiger partial charge < -0.3 is 5.43 Å². The van der Waals surface area contributed by atoms with Crippen molar-refractivity contribution in [2.45, 2.75) is 0 Å². The summed E-state index contributed by atoms with van der Waals surface area (Å²) < 4.78 is 0. The molecule has 0 saturated carbocycles. The van der Waals surface area contributed by atoms with Crippen molar-refractivity contribution in [2.75, 3.05) is 12.5 Å². The highest BCUT2D eigenvalue weighted by atomic mass is 16.2. The van der Waals surface area contributed by atoms with E-state index in [0.717, 1.165) is 10.3 Å². The molecule has 0 aliphatic carbocycles. The number of nitrogens with one attached hydrogen (secondary N) is 1. The first-order valence-corrected chi connectivity index (χ1v) is 5.50. The predicted octanol–water partition coefficient (Wildman–Crippen LogP) is 1.35. The molecule has 0 radical (unpaired) electrons. The minimum Gasteiger partial charge on any atom is -0.324 e. The number of hydrogen-bond donors (Lipinski definition) is 2. The van der Waals surface area contributed by atoms with Crippen LogP contribution >= 0.6 is 0 Å². The van der Waals surface area contributed by atoms with Gasteiger partial charge in [0.1, 0.15) is 0 Å². The minimum atomic E-state index is -0.285. The second-order valence-electron chi connectivity index (χ2n) is 4.20. The maximum Gasteiger partial charge on any atom is 0.261 e. The SMILES string of the molecule is CN1C(=O)c2cccc3c(NN)ccc(c23)C1=O. The highest BCUT2D eigenvalue weighted by Gasteiger charge is 2.30. The van der Waals surface area contributed by atoms with Crippen molar-refractivity contribution in [1.29, 1.82) is 0 Å². The van der Waals surface area contributed by atoms with E-state index in [9.17, 15) is 9.59 Å². The van der Waals surface area contributed by atoms with Crippen molar-refractivity contribution in [3.05, 3.63) is 41.5 Å². The van der Waals surface area contributed by atoms with E-state index in [1.807, 2.05) is 6.07 Å². The Morgan fingerprint density at radius 1 is 1.06 bits per heavy atom. The number of nitrogens with two attached hydrogens (primary N) is 1. The molecular weight excluding hydrogens is 230 g/mol. The zero-order chi connectivity index (χ0) is 12.9. The van der Waals surface area contributed by atoms with Crippen LogP contribution in [0.2, 0.25) is 0 Å². The molecule has 0 atom stereocenters. The quantitative estimate of drug-likeness (QED) is 0.449. The molecule has 18 heavy (non-hydrogen) atoms. The molecule has 0 unspecified atom stereocenters. The van der Waals surface area contributed by atoms with E-state index in [4.69, 9.17) is 5.84 Å². The summed E-state index contributed by atoms with van der Waals surface area (Å²) in [6, 6.07) is 8.76. The molecule has 5 heteroatoms. The minimum absolute atomic E-state index is 0.285. The molecule has 2 amide bonds. The highest BCUT2D eigenvalue weighted by molar-refractivity contribution is 6.26. The Labute approximate surface area is 103 Å². The van der Waals surface area contributed by atoms with Crippen LogP contribution in [0.5, 0.6) is 0 Å². The molecule has 5 nitrogen and oxygen atoms in total. The van der Waals surface area contributed by atoms with Gasteiger partial charge in [0.05, 0.1) is 5.69 Å². The monoisotopic (exact) mass is 241 g/mol. The molecule has 2 aromatic carbocycles. The number of benzene rings is 2. The zero-order valence-corrected chi connectivity index (χ0v) is 9.73. The maximum absolute atomic E-state index is 12.1. The maximum atomic E-state index is 12.1. The molecular formula is C13H11N3O2. The van der Waals surface area contributed by atoms with E-state index in [2.05, 4.69) is 5.43 Å². The lowest BCUT2D eigenvalue weighted by molar-refractivity contribution is 0.0651. The van der Waals surface area contributed by atoms with Crippen molar-refractivity contribution >= 4 is 28.3 Å². The average Bonchev–Trinajstić information content (AvgIpc) is 2.41. The van der Waals surface area contributed by atoms with Crippen LogP contribution in [0, 0.1) is 0 Å². The van der Waals surface area contributed by atoms with Crippen LogP contribution in [-0.2, 0) is 0 Å². The van der Waals surface area contributed by atoms with Gasteiger partial charge in [-0.25, -0.2) is 0 Å². The van der Waals surface area contributed by atoms with E-state index in [1.165, 1.54) is 7.05 Å². The van der Waals surface area contributed by atoms with E-state index >= 15 is 0 Å². The summed E-state index contributed by atoms with van der Waals surface area (Å²) in [7, 11) is 1.49. The fraction of sp³-hybridized carbons (Fsp3) is 0.0769. The summed E-state index contributed by atoms with van der Waals surface area (Å²) >= 11 is 0. The Morgan fingerprint density at radius 2 is 1.72 bits per heavy atom. The number of carbonyl (C=O) groups is 2. The second-order valence-corrected chi connectivity index (χ2v) is 4.20. The Morgan fingerprint density at radius 3 is 2.39 bits per heavy atom. The number of amides is 2. The molecule has 2 aromatic rings. The first kappa shape index (κ1) is 10.7. The lowest BCUT2D eigenvalue weighted by Crippen LogP contribution is -2.36. The molecule has 0 aromatic heterocycles. The van der Waals surface area contributed by atoms with E-state index in [0.29, 0.717) is 22.2 Å². The third-order valence-electron chi connectivity index (χ3n) is 3.27. The zero-order valence-electron chi connectivity index (χ0n) is 9.73. The molecule has 1 aliphatic heterocycles. The van der Waals surface area contributed by atoms with Gasteiger partial charge >= 0.3 is 0 Å². The molecule has 0 saturated heterocycles. The third-order valence-corrected chi connectivity index (χ3v) is 3.27. The highest BCUT2D eigenvalue weighted by Crippen LogP contribution is 2.33.